The Morgan fingerprint density at radius 3 is 2.84 bits per heavy atom. The number of hydrogen-bond acceptors (Lipinski definition) is 7. The highest BCUT2D eigenvalue weighted by Gasteiger charge is 2.17. The van der Waals surface area contributed by atoms with E-state index in [4.69, 9.17) is 9.15 Å². The number of amides is 1. The smallest absolute Gasteiger partial charge is 0.259 e. The van der Waals surface area contributed by atoms with Gasteiger partial charge in [-0.2, -0.15) is 9.61 Å². The molecule has 0 radical (unpaired) electrons. The van der Waals surface area contributed by atoms with Crippen molar-refractivity contribution in [1.82, 2.24) is 19.8 Å². The second kappa shape index (κ2) is 8.27. The molecule has 0 fully saturated rings. The largest absolute Gasteiger partial charge is 0.486 e. The summed E-state index contributed by atoms with van der Waals surface area (Å²) in [5, 5.41) is 16.4. The van der Waals surface area contributed by atoms with Gasteiger partial charge >= 0.3 is 0 Å². The molecule has 0 unspecified atom stereocenters. The Morgan fingerprint density at radius 1 is 1.12 bits per heavy atom. The van der Waals surface area contributed by atoms with Crippen molar-refractivity contribution in [3.8, 4) is 16.3 Å². The number of carbonyl (C=O) groups excluding carboxylic acids is 1. The SMILES string of the molecule is Cc1cccc(OCc2occc2C(=O)Nc2cccc(-c3nn4c(C)nnc4s3)c2)c1. The van der Waals surface area contributed by atoms with Crippen LogP contribution in [-0.4, -0.2) is 25.7 Å². The topological polar surface area (TPSA) is 94.5 Å². The Morgan fingerprint density at radius 2 is 2.00 bits per heavy atom. The summed E-state index contributed by atoms with van der Waals surface area (Å²) < 4.78 is 13.0. The van der Waals surface area contributed by atoms with E-state index < -0.39 is 0 Å². The predicted molar refractivity (Wildman–Crippen MR) is 121 cm³/mol. The second-order valence-electron chi connectivity index (χ2n) is 7.25. The normalized spacial score (nSPS) is 11.1. The average Bonchev–Trinajstić information content (AvgIpc) is 3.50. The number of hydrogen-bond donors (Lipinski definition) is 1. The highest BCUT2D eigenvalue weighted by Crippen LogP contribution is 2.28. The van der Waals surface area contributed by atoms with Crippen molar-refractivity contribution in [3.05, 3.63) is 83.6 Å². The van der Waals surface area contributed by atoms with Crippen LogP contribution in [0.25, 0.3) is 15.5 Å². The minimum Gasteiger partial charge on any atom is -0.486 e. The molecule has 1 amide bonds. The van der Waals surface area contributed by atoms with Gasteiger partial charge in [0.2, 0.25) is 4.96 Å². The number of benzene rings is 2. The van der Waals surface area contributed by atoms with Gasteiger partial charge in [-0.25, -0.2) is 0 Å². The summed E-state index contributed by atoms with van der Waals surface area (Å²) >= 11 is 1.44. The van der Waals surface area contributed by atoms with Gasteiger partial charge in [0, 0.05) is 11.3 Å². The van der Waals surface area contributed by atoms with Crippen molar-refractivity contribution in [2.24, 2.45) is 0 Å². The molecule has 3 heterocycles. The summed E-state index contributed by atoms with van der Waals surface area (Å²) in [5.41, 5.74) is 3.06. The van der Waals surface area contributed by atoms with Crippen molar-refractivity contribution in [2.75, 3.05) is 5.32 Å². The first-order valence-electron chi connectivity index (χ1n) is 9.93. The molecule has 0 aliphatic heterocycles. The zero-order valence-electron chi connectivity index (χ0n) is 17.4. The van der Waals surface area contributed by atoms with Crippen molar-refractivity contribution in [3.63, 3.8) is 0 Å². The summed E-state index contributed by atoms with van der Waals surface area (Å²) in [7, 11) is 0. The van der Waals surface area contributed by atoms with Crippen LogP contribution >= 0.6 is 11.3 Å². The maximum absolute atomic E-state index is 12.9. The molecule has 8 nitrogen and oxygen atoms in total. The molecule has 5 rings (SSSR count). The van der Waals surface area contributed by atoms with E-state index in [-0.39, 0.29) is 12.5 Å². The summed E-state index contributed by atoms with van der Waals surface area (Å²) in [6.07, 6.45) is 1.49. The number of aryl methyl sites for hydroxylation is 2. The molecule has 0 atom stereocenters. The van der Waals surface area contributed by atoms with E-state index in [2.05, 4.69) is 20.6 Å². The Balaban J connectivity index is 1.31. The van der Waals surface area contributed by atoms with Gasteiger partial charge in [-0.05, 0) is 49.7 Å². The zero-order valence-corrected chi connectivity index (χ0v) is 18.2. The molecular weight excluding hydrogens is 426 g/mol. The molecule has 0 aliphatic carbocycles. The first kappa shape index (κ1) is 20.0. The number of nitrogens with one attached hydrogen (secondary N) is 1. The van der Waals surface area contributed by atoms with Gasteiger partial charge < -0.3 is 14.5 Å². The number of fused-ring (bicyclic) bond motifs is 1. The maximum atomic E-state index is 12.9. The number of rotatable bonds is 6. The highest BCUT2D eigenvalue weighted by molar-refractivity contribution is 7.19. The van der Waals surface area contributed by atoms with E-state index >= 15 is 0 Å². The first-order chi connectivity index (χ1) is 15.6. The van der Waals surface area contributed by atoms with Crippen LogP contribution in [0.4, 0.5) is 5.69 Å². The van der Waals surface area contributed by atoms with Crippen LogP contribution in [0.3, 0.4) is 0 Å². The predicted octanol–water partition coefficient (Wildman–Crippen LogP) is 4.89. The lowest BCUT2D eigenvalue weighted by molar-refractivity contribution is 0.102. The molecule has 3 aromatic heterocycles. The Hall–Kier alpha value is -3.98. The van der Waals surface area contributed by atoms with Gasteiger partial charge in [0.15, 0.2) is 11.6 Å². The second-order valence-corrected chi connectivity index (χ2v) is 8.20. The van der Waals surface area contributed by atoms with Crippen LogP contribution < -0.4 is 10.1 Å². The molecule has 9 heteroatoms. The maximum Gasteiger partial charge on any atom is 0.259 e. The van der Waals surface area contributed by atoms with Crippen LogP contribution in [0, 0.1) is 13.8 Å². The van der Waals surface area contributed by atoms with Crippen molar-refractivity contribution in [1.29, 1.82) is 0 Å². The lowest BCUT2D eigenvalue weighted by Crippen LogP contribution is -2.13. The van der Waals surface area contributed by atoms with Crippen LogP contribution in [0.2, 0.25) is 0 Å². The molecule has 0 saturated heterocycles. The number of nitrogens with zero attached hydrogens (tertiary/aromatic N) is 4. The van der Waals surface area contributed by atoms with Gasteiger partial charge in [-0.15, -0.1) is 10.2 Å². The van der Waals surface area contributed by atoms with Crippen LogP contribution in [0.5, 0.6) is 5.75 Å². The van der Waals surface area contributed by atoms with E-state index in [0.717, 1.165) is 32.7 Å². The van der Waals surface area contributed by atoms with Crippen molar-refractivity contribution in [2.45, 2.75) is 20.5 Å². The summed E-state index contributed by atoms with van der Waals surface area (Å²) in [4.78, 5) is 13.6. The van der Waals surface area contributed by atoms with Crippen LogP contribution in [-0.2, 0) is 6.61 Å². The summed E-state index contributed by atoms with van der Waals surface area (Å²) in [6.45, 7) is 4.01. The van der Waals surface area contributed by atoms with E-state index in [9.17, 15) is 4.79 Å². The molecule has 0 aliphatic rings. The molecular formula is C23H19N5O3S. The molecule has 160 valence electrons. The van der Waals surface area contributed by atoms with E-state index in [1.165, 1.54) is 17.6 Å². The highest BCUT2D eigenvalue weighted by atomic mass is 32.1. The summed E-state index contributed by atoms with van der Waals surface area (Å²) in [5.74, 6) is 1.64. The molecule has 0 bridgehead atoms. The number of furan rings is 1. The van der Waals surface area contributed by atoms with Gasteiger partial charge in [0.1, 0.15) is 17.4 Å². The number of ether oxygens (including phenoxy) is 1. The Kier molecular flexibility index (Phi) is 5.16. The van der Waals surface area contributed by atoms with Gasteiger partial charge in [-0.1, -0.05) is 35.6 Å². The third kappa shape index (κ3) is 3.97. The Labute approximate surface area is 187 Å². The standard InChI is InChI=1S/C23H19N5O3S/c1-14-5-3-8-18(11-14)31-13-20-19(9-10-30-20)21(29)24-17-7-4-6-16(12-17)22-27-28-15(2)25-26-23(28)32-22/h3-12H,13H2,1-2H3,(H,24,29). The van der Waals surface area contributed by atoms with Crippen LogP contribution in [0.15, 0.2) is 65.3 Å². The van der Waals surface area contributed by atoms with Gasteiger partial charge in [-0.3, -0.25) is 4.79 Å². The van der Waals surface area contributed by atoms with E-state index in [1.807, 2.05) is 62.4 Å². The minimum atomic E-state index is -0.271. The quantitative estimate of drug-likeness (QED) is 0.400. The van der Waals surface area contributed by atoms with E-state index in [0.29, 0.717) is 17.0 Å². The molecule has 2 aromatic carbocycles. The van der Waals surface area contributed by atoms with Crippen LogP contribution in [0.1, 0.15) is 27.5 Å². The minimum absolute atomic E-state index is 0.158. The summed E-state index contributed by atoms with van der Waals surface area (Å²) in [6, 6.07) is 16.9. The monoisotopic (exact) mass is 445 g/mol. The molecule has 5 aromatic rings. The number of anilines is 1. The first-order valence-corrected chi connectivity index (χ1v) is 10.7. The fourth-order valence-corrected chi connectivity index (χ4v) is 4.15. The van der Waals surface area contributed by atoms with Gasteiger partial charge in [0.25, 0.3) is 5.91 Å². The average molecular weight is 446 g/mol. The third-order valence-electron chi connectivity index (χ3n) is 4.86. The fourth-order valence-electron chi connectivity index (χ4n) is 3.27. The zero-order chi connectivity index (χ0) is 22.1. The van der Waals surface area contributed by atoms with Crippen molar-refractivity contribution < 1.29 is 13.9 Å². The van der Waals surface area contributed by atoms with Gasteiger partial charge in [0.05, 0.1) is 11.8 Å². The third-order valence-corrected chi connectivity index (χ3v) is 5.81. The Bertz CT molecular complexity index is 1420. The lowest BCUT2D eigenvalue weighted by Gasteiger charge is -2.08. The number of aromatic nitrogens is 4. The lowest BCUT2D eigenvalue weighted by atomic mass is 10.2. The molecule has 1 N–H and O–H groups in total. The fraction of sp³-hybridized carbons (Fsp3) is 0.130. The molecule has 32 heavy (non-hydrogen) atoms. The molecule has 0 saturated carbocycles. The van der Waals surface area contributed by atoms with E-state index in [1.54, 1.807) is 10.6 Å². The number of carbonyl (C=O) groups is 1. The van der Waals surface area contributed by atoms with Crippen molar-refractivity contribution >= 4 is 27.9 Å². The molecule has 0 spiro atoms.